The number of hydrogen-bond donors (Lipinski definition) is 1. The second-order valence-electron chi connectivity index (χ2n) is 3.50. The van der Waals surface area contributed by atoms with Crippen LogP contribution in [0.25, 0.3) is 0 Å². The summed E-state index contributed by atoms with van der Waals surface area (Å²) in [5.74, 6) is -0.188. The summed E-state index contributed by atoms with van der Waals surface area (Å²) >= 11 is 0. The molecule has 78 valence electrons. The molecule has 0 fully saturated rings. The van der Waals surface area contributed by atoms with E-state index in [4.69, 9.17) is 10.5 Å². The van der Waals surface area contributed by atoms with E-state index in [0.29, 0.717) is 24.2 Å². The van der Waals surface area contributed by atoms with Crippen molar-refractivity contribution in [3.05, 3.63) is 35.1 Å². The van der Waals surface area contributed by atoms with E-state index < -0.39 is 0 Å². The quantitative estimate of drug-likeness (QED) is 0.799. The number of ether oxygens (including phenoxy) is 1. The third-order valence-electron chi connectivity index (χ3n) is 2.00. The predicted octanol–water partition coefficient (Wildman–Crippen LogP) is 1.86. The fraction of sp³-hybridized carbons (Fsp3) is 0.455. The Morgan fingerprint density at radius 1 is 1.43 bits per heavy atom. The van der Waals surface area contributed by atoms with Crippen molar-refractivity contribution < 1.29 is 9.13 Å². The maximum Gasteiger partial charge on any atom is 0.131 e. The lowest BCUT2D eigenvalue weighted by Gasteiger charge is -2.09. The lowest BCUT2D eigenvalue weighted by atomic mass is 10.0. The first-order valence-corrected chi connectivity index (χ1v) is 4.66. The zero-order chi connectivity index (χ0) is 10.6. The van der Waals surface area contributed by atoms with Crippen molar-refractivity contribution in [2.75, 3.05) is 7.11 Å². The molecule has 0 amide bonds. The highest BCUT2D eigenvalue weighted by Gasteiger charge is 2.08. The molecular formula is C11H16FNO. The summed E-state index contributed by atoms with van der Waals surface area (Å²) in [6, 6.07) is 5.29. The largest absolute Gasteiger partial charge is 0.380 e. The molecule has 0 heterocycles. The molecule has 1 rings (SSSR count). The van der Waals surface area contributed by atoms with Crippen LogP contribution in [0.1, 0.15) is 18.1 Å². The van der Waals surface area contributed by atoms with Crippen LogP contribution in [0.15, 0.2) is 18.2 Å². The van der Waals surface area contributed by atoms with Gasteiger partial charge in [0.1, 0.15) is 5.82 Å². The van der Waals surface area contributed by atoms with Gasteiger partial charge in [-0.15, -0.1) is 0 Å². The van der Waals surface area contributed by atoms with Crippen molar-refractivity contribution in [2.45, 2.75) is 26.0 Å². The summed E-state index contributed by atoms with van der Waals surface area (Å²) in [7, 11) is 1.55. The summed E-state index contributed by atoms with van der Waals surface area (Å²) in [6.07, 6.45) is 0.559. The van der Waals surface area contributed by atoms with E-state index >= 15 is 0 Å². The first-order valence-electron chi connectivity index (χ1n) is 4.66. The van der Waals surface area contributed by atoms with Crippen molar-refractivity contribution in [1.82, 2.24) is 0 Å². The second kappa shape index (κ2) is 5.08. The molecule has 0 aliphatic rings. The molecule has 0 aliphatic heterocycles. The molecule has 1 unspecified atom stereocenters. The number of nitrogens with two attached hydrogens (primary N) is 1. The summed E-state index contributed by atoms with van der Waals surface area (Å²) in [6.45, 7) is 2.17. The van der Waals surface area contributed by atoms with Gasteiger partial charge in [-0.25, -0.2) is 4.39 Å². The smallest absolute Gasteiger partial charge is 0.131 e. The second-order valence-corrected chi connectivity index (χ2v) is 3.50. The normalized spacial score (nSPS) is 12.9. The lowest BCUT2D eigenvalue weighted by Crippen LogP contribution is -2.18. The van der Waals surface area contributed by atoms with E-state index in [2.05, 4.69) is 0 Å². The zero-order valence-corrected chi connectivity index (χ0v) is 8.59. The molecule has 0 bridgehead atoms. The van der Waals surface area contributed by atoms with E-state index in [0.717, 1.165) is 0 Å². The lowest BCUT2D eigenvalue weighted by molar-refractivity contribution is 0.181. The average Bonchev–Trinajstić information content (AvgIpc) is 2.11. The highest BCUT2D eigenvalue weighted by molar-refractivity contribution is 5.26. The zero-order valence-electron chi connectivity index (χ0n) is 8.59. The fourth-order valence-corrected chi connectivity index (χ4v) is 1.40. The van der Waals surface area contributed by atoms with Crippen LogP contribution < -0.4 is 5.73 Å². The number of halogens is 1. The van der Waals surface area contributed by atoms with Gasteiger partial charge in [0.15, 0.2) is 0 Å². The Balaban J connectivity index is 2.89. The molecule has 3 heteroatoms. The first-order chi connectivity index (χ1) is 6.65. The third kappa shape index (κ3) is 2.79. The first kappa shape index (κ1) is 11.1. The minimum atomic E-state index is -0.188. The van der Waals surface area contributed by atoms with Gasteiger partial charge in [-0.1, -0.05) is 18.2 Å². The summed E-state index contributed by atoms with van der Waals surface area (Å²) in [4.78, 5) is 0. The molecule has 0 saturated carbocycles. The Morgan fingerprint density at radius 2 is 2.07 bits per heavy atom. The monoisotopic (exact) mass is 197 g/mol. The maximum atomic E-state index is 13.7. The van der Waals surface area contributed by atoms with E-state index in [1.165, 1.54) is 0 Å². The highest BCUT2D eigenvalue weighted by atomic mass is 19.1. The molecule has 1 aromatic carbocycles. The number of hydrogen-bond acceptors (Lipinski definition) is 2. The molecule has 0 radical (unpaired) electrons. The van der Waals surface area contributed by atoms with Crippen LogP contribution in [-0.2, 0) is 17.8 Å². The van der Waals surface area contributed by atoms with Crippen LogP contribution in [-0.4, -0.2) is 13.2 Å². The molecule has 2 nitrogen and oxygen atoms in total. The topological polar surface area (TPSA) is 35.2 Å². The maximum absolute atomic E-state index is 13.7. The summed E-state index contributed by atoms with van der Waals surface area (Å²) in [5, 5.41) is 0. The van der Waals surface area contributed by atoms with E-state index in [9.17, 15) is 4.39 Å². The molecule has 1 aromatic rings. The fourth-order valence-electron chi connectivity index (χ4n) is 1.40. The van der Waals surface area contributed by atoms with Gasteiger partial charge < -0.3 is 10.5 Å². The van der Waals surface area contributed by atoms with Crippen LogP contribution in [0.4, 0.5) is 4.39 Å². The van der Waals surface area contributed by atoms with E-state index in [1.807, 2.05) is 13.0 Å². The van der Waals surface area contributed by atoms with Gasteiger partial charge in [-0.05, 0) is 18.9 Å². The van der Waals surface area contributed by atoms with Crippen LogP contribution >= 0.6 is 0 Å². The Bertz CT molecular complexity index is 299. The Labute approximate surface area is 83.9 Å². The van der Waals surface area contributed by atoms with Crippen molar-refractivity contribution >= 4 is 0 Å². The minimum absolute atomic E-state index is 0.0257. The number of rotatable bonds is 4. The standard InChI is InChI=1S/C11H16FNO/c1-8(13)6-9-4-3-5-10(7-14-2)11(9)12/h3-5,8H,6-7,13H2,1-2H3. The van der Waals surface area contributed by atoms with Gasteiger partial charge in [0, 0.05) is 18.7 Å². The van der Waals surface area contributed by atoms with Crippen LogP contribution in [0, 0.1) is 5.82 Å². The van der Waals surface area contributed by atoms with Crippen LogP contribution in [0.2, 0.25) is 0 Å². The van der Waals surface area contributed by atoms with Crippen molar-refractivity contribution in [1.29, 1.82) is 0 Å². The molecule has 0 saturated heterocycles. The van der Waals surface area contributed by atoms with Crippen molar-refractivity contribution in [2.24, 2.45) is 5.73 Å². The molecule has 0 aromatic heterocycles. The third-order valence-corrected chi connectivity index (χ3v) is 2.00. The number of benzene rings is 1. The van der Waals surface area contributed by atoms with E-state index in [1.54, 1.807) is 19.2 Å². The molecule has 1 atom stereocenters. The van der Waals surface area contributed by atoms with Crippen LogP contribution in [0.5, 0.6) is 0 Å². The highest BCUT2D eigenvalue weighted by Crippen LogP contribution is 2.15. The van der Waals surface area contributed by atoms with Crippen molar-refractivity contribution in [3.8, 4) is 0 Å². The predicted molar refractivity (Wildman–Crippen MR) is 54.5 cm³/mol. The van der Waals surface area contributed by atoms with Crippen LogP contribution in [0.3, 0.4) is 0 Å². The summed E-state index contributed by atoms with van der Waals surface area (Å²) in [5.41, 5.74) is 6.87. The Morgan fingerprint density at radius 3 is 2.64 bits per heavy atom. The van der Waals surface area contributed by atoms with Gasteiger partial charge >= 0.3 is 0 Å². The van der Waals surface area contributed by atoms with E-state index in [-0.39, 0.29) is 11.9 Å². The van der Waals surface area contributed by atoms with Gasteiger partial charge in [-0.2, -0.15) is 0 Å². The van der Waals surface area contributed by atoms with Crippen molar-refractivity contribution in [3.63, 3.8) is 0 Å². The van der Waals surface area contributed by atoms with Gasteiger partial charge in [-0.3, -0.25) is 0 Å². The SMILES string of the molecule is COCc1cccc(CC(C)N)c1F. The van der Waals surface area contributed by atoms with Gasteiger partial charge in [0.05, 0.1) is 6.61 Å². The molecular weight excluding hydrogens is 181 g/mol. The molecule has 0 spiro atoms. The molecule has 14 heavy (non-hydrogen) atoms. The van der Waals surface area contributed by atoms with Gasteiger partial charge in [0.2, 0.25) is 0 Å². The van der Waals surface area contributed by atoms with Gasteiger partial charge in [0.25, 0.3) is 0 Å². The number of methoxy groups -OCH3 is 1. The summed E-state index contributed by atoms with van der Waals surface area (Å²) < 4.78 is 18.6. The minimum Gasteiger partial charge on any atom is -0.380 e. The Hall–Kier alpha value is -0.930. The molecule has 2 N–H and O–H groups in total. The molecule has 0 aliphatic carbocycles. The Kier molecular flexibility index (Phi) is 4.04. The average molecular weight is 197 g/mol.